The highest BCUT2D eigenvalue weighted by Crippen LogP contribution is 2.38. The molecule has 128 valence electrons. The molecule has 2 fully saturated rings. The van der Waals surface area contributed by atoms with Gasteiger partial charge in [0.1, 0.15) is 0 Å². The fourth-order valence-corrected chi connectivity index (χ4v) is 3.16. The second-order valence-corrected chi connectivity index (χ2v) is 6.74. The Morgan fingerprint density at radius 2 is 1.77 bits per heavy atom. The molecule has 0 atom stereocenters. The number of nitrogens with one attached hydrogen (secondary N) is 2. The zero-order chi connectivity index (χ0) is 15.1. The molecule has 6 heteroatoms. The van der Waals surface area contributed by atoms with E-state index >= 15 is 0 Å². The van der Waals surface area contributed by atoms with E-state index < -0.39 is 0 Å². The van der Waals surface area contributed by atoms with E-state index in [0.29, 0.717) is 38.4 Å². The van der Waals surface area contributed by atoms with E-state index in [1.54, 1.807) is 0 Å². The van der Waals surface area contributed by atoms with Gasteiger partial charge in [0.15, 0.2) is 0 Å². The minimum atomic E-state index is 0. The normalized spacial score (nSPS) is 19.9. The number of rotatable bonds is 8. The molecule has 0 spiro atoms. The minimum Gasteiger partial charge on any atom is -0.356 e. The van der Waals surface area contributed by atoms with Crippen LogP contribution in [-0.2, 0) is 9.59 Å². The van der Waals surface area contributed by atoms with E-state index in [4.69, 9.17) is 5.73 Å². The van der Waals surface area contributed by atoms with Gasteiger partial charge in [0.25, 0.3) is 0 Å². The van der Waals surface area contributed by atoms with Crippen LogP contribution in [-0.4, -0.2) is 30.9 Å². The maximum absolute atomic E-state index is 12.0. The van der Waals surface area contributed by atoms with E-state index in [0.717, 1.165) is 25.7 Å². The Morgan fingerprint density at radius 3 is 2.36 bits per heavy atom. The molecule has 2 amide bonds. The predicted octanol–water partition coefficient (Wildman–Crippen LogP) is 1.88. The fraction of sp³-hybridized carbons (Fsp3) is 0.875. The molecule has 0 aromatic rings. The Morgan fingerprint density at radius 1 is 1.09 bits per heavy atom. The number of hydrogen-bond donors (Lipinski definition) is 3. The quantitative estimate of drug-likeness (QED) is 0.594. The molecular formula is C16H30ClN3O2. The van der Waals surface area contributed by atoms with Crippen molar-refractivity contribution in [3.05, 3.63) is 0 Å². The van der Waals surface area contributed by atoms with Crippen LogP contribution in [0.15, 0.2) is 0 Å². The van der Waals surface area contributed by atoms with Gasteiger partial charge in [-0.2, -0.15) is 0 Å². The summed E-state index contributed by atoms with van der Waals surface area (Å²) in [5.41, 5.74) is 5.92. The lowest BCUT2D eigenvalue weighted by molar-refractivity contribution is -0.124. The number of halogens is 1. The van der Waals surface area contributed by atoms with Crippen molar-refractivity contribution in [2.45, 2.75) is 70.3 Å². The maximum atomic E-state index is 12.0. The van der Waals surface area contributed by atoms with Crippen molar-refractivity contribution < 1.29 is 9.59 Å². The van der Waals surface area contributed by atoms with Gasteiger partial charge >= 0.3 is 0 Å². The monoisotopic (exact) mass is 331 g/mol. The summed E-state index contributed by atoms with van der Waals surface area (Å²) in [6.07, 6.45) is 9.75. The molecule has 0 aromatic heterocycles. The van der Waals surface area contributed by atoms with Crippen LogP contribution in [0.5, 0.6) is 0 Å². The van der Waals surface area contributed by atoms with Crippen molar-refractivity contribution in [1.82, 2.24) is 10.6 Å². The van der Waals surface area contributed by atoms with Gasteiger partial charge < -0.3 is 16.4 Å². The maximum Gasteiger partial charge on any atom is 0.220 e. The molecule has 2 saturated carbocycles. The molecule has 2 rings (SSSR count). The first kappa shape index (κ1) is 19.2. The summed E-state index contributed by atoms with van der Waals surface area (Å²) in [5, 5.41) is 5.89. The summed E-state index contributed by atoms with van der Waals surface area (Å²) in [6, 6.07) is 0.419. The van der Waals surface area contributed by atoms with Gasteiger partial charge in [-0.25, -0.2) is 0 Å². The summed E-state index contributed by atoms with van der Waals surface area (Å²) in [7, 11) is 0. The Kier molecular flexibility index (Phi) is 8.18. The Bertz CT molecular complexity index is 366. The van der Waals surface area contributed by atoms with Gasteiger partial charge in [-0.15, -0.1) is 12.4 Å². The van der Waals surface area contributed by atoms with E-state index in [1.165, 1.54) is 19.3 Å². The Hall–Kier alpha value is -0.810. The van der Waals surface area contributed by atoms with Gasteiger partial charge in [-0.05, 0) is 44.1 Å². The number of carbonyl (C=O) groups is 2. The van der Waals surface area contributed by atoms with Crippen LogP contribution >= 0.6 is 12.4 Å². The molecular weight excluding hydrogens is 302 g/mol. The van der Waals surface area contributed by atoms with Crippen LogP contribution in [0.2, 0.25) is 0 Å². The Balaban J connectivity index is 0.00000242. The van der Waals surface area contributed by atoms with Crippen molar-refractivity contribution in [2.24, 2.45) is 11.1 Å². The average molecular weight is 332 g/mol. The first-order valence-electron chi connectivity index (χ1n) is 8.40. The summed E-state index contributed by atoms with van der Waals surface area (Å²) < 4.78 is 0. The molecule has 2 aliphatic carbocycles. The molecule has 0 unspecified atom stereocenters. The van der Waals surface area contributed by atoms with Crippen molar-refractivity contribution in [2.75, 3.05) is 13.1 Å². The first-order valence-corrected chi connectivity index (χ1v) is 8.40. The summed E-state index contributed by atoms with van der Waals surface area (Å²) in [4.78, 5) is 23.6. The summed E-state index contributed by atoms with van der Waals surface area (Å²) >= 11 is 0. The third kappa shape index (κ3) is 6.53. The van der Waals surface area contributed by atoms with Gasteiger partial charge in [0, 0.05) is 25.4 Å². The SMILES string of the molecule is Cl.NCC1(CC(=O)NCCCC(=O)NC2CC2)CCCCC1. The van der Waals surface area contributed by atoms with Crippen molar-refractivity contribution >= 4 is 24.2 Å². The van der Waals surface area contributed by atoms with E-state index in [1.807, 2.05) is 0 Å². The molecule has 0 aliphatic heterocycles. The number of nitrogens with two attached hydrogens (primary N) is 1. The van der Waals surface area contributed by atoms with Gasteiger partial charge in [0.05, 0.1) is 0 Å². The van der Waals surface area contributed by atoms with Crippen LogP contribution in [0.1, 0.15) is 64.2 Å². The highest BCUT2D eigenvalue weighted by Gasteiger charge is 2.32. The molecule has 5 nitrogen and oxygen atoms in total. The van der Waals surface area contributed by atoms with E-state index in [-0.39, 0.29) is 29.6 Å². The third-order valence-corrected chi connectivity index (χ3v) is 4.73. The van der Waals surface area contributed by atoms with Crippen molar-refractivity contribution in [3.8, 4) is 0 Å². The largest absolute Gasteiger partial charge is 0.356 e. The number of hydrogen-bond acceptors (Lipinski definition) is 3. The first-order chi connectivity index (χ1) is 10.1. The molecule has 0 heterocycles. The lowest BCUT2D eigenvalue weighted by Gasteiger charge is -2.35. The molecule has 2 aliphatic rings. The van der Waals surface area contributed by atoms with Crippen LogP contribution in [0.3, 0.4) is 0 Å². The molecule has 0 saturated heterocycles. The highest BCUT2D eigenvalue weighted by atomic mass is 35.5. The third-order valence-electron chi connectivity index (χ3n) is 4.73. The molecule has 4 N–H and O–H groups in total. The minimum absolute atomic E-state index is 0. The van der Waals surface area contributed by atoms with Crippen molar-refractivity contribution in [3.63, 3.8) is 0 Å². The molecule has 22 heavy (non-hydrogen) atoms. The van der Waals surface area contributed by atoms with Crippen LogP contribution in [0.4, 0.5) is 0 Å². The van der Waals surface area contributed by atoms with Gasteiger partial charge in [0.2, 0.25) is 11.8 Å². The zero-order valence-electron chi connectivity index (χ0n) is 13.4. The number of carbonyl (C=O) groups excluding carboxylic acids is 2. The molecule has 0 aromatic carbocycles. The second-order valence-electron chi connectivity index (χ2n) is 6.74. The zero-order valence-corrected chi connectivity index (χ0v) is 14.2. The van der Waals surface area contributed by atoms with Gasteiger partial charge in [-0.1, -0.05) is 19.3 Å². The summed E-state index contributed by atoms with van der Waals surface area (Å²) in [5.74, 6) is 0.197. The fourth-order valence-electron chi connectivity index (χ4n) is 3.16. The average Bonchev–Trinajstić information content (AvgIpc) is 3.28. The van der Waals surface area contributed by atoms with Gasteiger partial charge in [-0.3, -0.25) is 9.59 Å². The standard InChI is InChI=1S/C16H29N3O2.ClH/c17-12-16(8-2-1-3-9-16)11-15(21)18-10-4-5-14(20)19-13-6-7-13;/h13H,1-12,17H2,(H,18,21)(H,19,20);1H. The van der Waals surface area contributed by atoms with Crippen LogP contribution in [0.25, 0.3) is 0 Å². The molecule has 0 radical (unpaired) electrons. The smallest absolute Gasteiger partial charge is 0.220 e. The van der Waals surface area contributed by atoms with Crippen molar-refractivity contribution in [1.29, 1.82) is 0 Å². The predicted molar refractivity (Wildman–Crippen MR) is 89.8 cm³/mol. The lowest BCUT2D eigenvalue weighted by Crippen LogP contribution is -2.39. The highest BCUT2D eigenvalue weighted by molar-refractivity contribution is 5.85. The van der Waals surface area contributed by atoms with E-state index in [9.17, 15) is 9.59 Å². The van der Waals surface area contributed by atoms with Crippen LogP contribution < -0.4 is 16.4 Å². The molecule has 0 bridgehead atoms. The topological polar surface area (TPSA) is 84.2 Å². The van der Waals surface area contributed by atoms with E-state index in [2.05, 4.69) is 10.6 Å². The Labute approximate surface area is 139 Å². The summed E-state index contributed by atoms with van der Waals surface area (Å²) in [6.45, 7) is 1.18. The second kappa shape index (κ2) is 9.36. The number of amides is 2. The van der Waals surface area contributed by atoms with Crippen LogP contribution in [0, 0.1) is 5.41 Å². The lowest BCUT2D eigenvalue weighted by atomic mass is 9.71.